The van der Waals surface area contributed by atoms with Gasteiger partial charge in [0.2, 0.25) is 5.91 Å². The van der Waals surface area contributed by atoms with Gasteiger partial charge in [-0.25, -0.2) is 0 Å². The van der Waals surface area contributed by atoms with Gasteiger partial charge in [-0.3, -0.25) is 14.4 Å². The van der Waals surface area contributed by atoms with Crippen LogP contribution in [0.2, 0.25) is 0 Å². The van der Waals surface area contributed by atoms with Crippen LogP contribution in [-0.2, 0) is 14.3 Å². The van der Waals surface area contributed by atoms with Gasteiger partial charge in [0.25, 0.3) is 5.91 Å². The van der Waals surface area contributed by atoms with Crippen LogP contribution in [-0.4, -0.2) is 30.4 Å². The van der Waals surface area contributed by atoms with Crippen molar-refractivity contribution < 1.29 is 19.1 Å². The molecule has 0 saturated heterocycles. The first kappa shape index (κ1) is 16.5. The predicted octanol–water partition coefficient (Wildman–Crippen LogP) is 2.02. The number of hydrogen-bond acceptors (Lipinski definition) is 4. The molecule has 6 heteroatoms. The molecule has 0 bridgehead atoms. The zero-order chi connectivity index (χ0) is 17.3. The van der Waals surface area contributed by atoms with Gasteiger partial charge in [0, 0.05) is 17.3 Å². The maximum absolute atomic E-state index is 12.3. The van der Waals surface area contributed by atoms with E-state index in [4.69, 9.17) is 4.74 Å². The molecule has 0 aromatic heterocycles. The van der Waals surface area contributed by atoms with Crippen LogP contribution in [0.4, 0.5) is 5.69 Å². The van der Waals surface area contributed by atoms with Gasteiger partial charge >= 0.3 is 5.97 Å². The molecule has 2 unspecified atom stereocenters. The van der Waals surface area contributed by atoms with Gasteiger partial charge in [0.15, 0.2) is 0 Å². The van der Waals surface area contributed by atoms with E-state index in [1.54, 1.807) is 19.1 Å². The Bertz CT molecular complexity index is 682. The molecule has 2 N–H and O–H groups in total. The molecule has 1 aromatic carbocycles. The fourth-order valence-electron chi connectivity index (χ4n) is 2.61. The highest BCUT2D eigenvalue weighted by atomic mass is 16.5. The second-order valence-electron chi connectivity index (χ2n) is 6.47. The molecule has 128 valence electrons. The van der Waals surface area contributed by atoms with E-state index in [1.165, 1.54) is 0 Å². The number of carbonyl (C=O) groups excluding carboxylic acids is 3. The summed E-state index contributed by atoms with van der Waals surface area (Å²) in [7, 11) is 0. The summed E-state index contributed by atoms with van der Waals surface area (Å²) >= 11 is 0. The minimum Gasteiger partial charge on any atom is -0.466 e. The summed E-state index contributed by atoms with van der Waals surface area (Å²) in [4.78, 5) is 36.1. The first-order chi connectivity index (χ1) is 11.5. The lowest BCUT2D eigenvalue weighted by Gasteiger charge is -2.11. The molecular formula is C18H22N2O4. The smallest absolute Gasteiger partial charge is 0.309 e. The SMILES string of the molecule is CCOC(=O)C1CC1C(=O)Nc1cc(C(=O)NC2CC2)ccc1C. The zero-order valence-electron chi connectivity index (χ0n) is 13.9. The first-order valence-corrected chi connectivity index (χ1v) is 8.38. The number of aryl methyl sites for hydroxylation is 1. The van der Waals surface area contributed by atoms with Gasteiger partial charge in [-0.05, 0) is 50.8 Å². The molecule has 0 aliphatic heterocycles. The Labute approximate surface area is 140 Å². The fraction of sp³-hybridized carbons (Fsp3) is 0.500. The van der Waals surface area contributed by atoms with Crippen molar-refractivity contribution in [3.8, 4) is 0 Å². The lowest BCUT2D eigenvalue weighted by atomic mass is 10.1. The molecule has 6 nitrogen and oxygen atoms in total. The van der Waals surface area contributed by atoms with Gasteiger partial charge in [0.05, 0.1) is 18.4 Å². The normalized spacial score (nSPS) is 21.8. The van der Waals surface area contributed by atoms with Gasteiger partial charge in [-0.2, -0.15) is 0 Å². The zero-order valence-corrected chi connectivity index (χ0v) is 13.9. The topological polar surface area (TPSA) is 84.5 Å². The van der Waals surface area contributed by atoms with Crippen LogP contribution in [0.25, 0.3) is 0 Å². The highest BCUT2D eigenvalue weighted by molar-refractivity contribution is 6.01. The van der Waals surface area contributed by atoms with Crippen molar-refractivity contribution in [2.45, 2.75) is 39.2 Å². The molecule has 0 radical (unpaired) electrons. The van der Waals surface area contributed by atoms with E-state index >= 15 is 0 Å². The average Bonchev–Trinajstić information content (AvgIpc) is 3.43. The number of benzene rings is 1. The van der Waals surface area contributed by atoms with Crippen LogP contribution in [0.15, 0.2) is 18.2 Å². The highest BCUT2D eigenvalue weighted by Crippen LogP contribution is 2.40. The van der Waals surface area contributed by atoms with Crippen LogP contribution in [0.5, 0.6) is 0 Å². The van der Waals surface area contributed by atoms with Crippen molar-refractivity contribution in [1.29, 1.82) is 0 Å². The third-order valence-electron chi connectivity index (χ3n) is 4.39. The summed E-state index contributed by atoms with van der Waals surface area (Å²) < 4.78 is 4.94. The average molecular weight is 330 g/mol. The van der Waals surface area contributed by atoms with E-state index in [2.05, 4.69) is 10.6 Å². The van der Waals surface area contributed by atoms with Gasteiger partial charge in [-0.15, -0.1) is 0 Å². The second-order valence-corrected chi connectivity index (χ2v) is 6.47. The van der Waals surface area contributed by atoms with Crippen LogP contribution in [0.3, 0.4) is 0 Å². The van der Waals surface area contributed by atoms with E-state index in [1.807, 2.05) is 13.0 Å². The fourth-order valence-corrected chi connectivity index (χ4v) is 2.61. The summed E-state index contributed by atoms with van der Waals surface area (Å²) in [6.07, 6.45) is 2.57. The summed E-state index contributed by atoms with van der Waals surface area (Å²) in [5, 5.41) is 5.77. The summed E-state index contributed by atoms with van der Waals surface area (Å²) in [6, 6.07) is 5.54. The molecular weight excluding hydrogens is 308 g/mol. The Kier molecular flexibility index (Phi) is 4.55. The minimum absolute atomic E-state index is 0.121. The summed E-state index contributed by atoms with van der Waals surface area (Å²) in [5.41, 5.74) is 2.01. The number of hydrogen-bond donors (Lipinski definition) is 2. The van der Waals surface area contributed by atoms with Gasteiger partial charge < -0.3 is 15.4 Å². The molecule has 24 heavy (non-hydrogen) atoms. The van der Waals surface area contributed by atoms with E-state index < -0.39 is 0 Å². The van der Waals surface area contributed by atoms with Gasteiger partial charge in [-0.1, -0.05) is 6.07 Å². The number of rotatable bonds is 6. The predicted molar refractivity (Wildman–Crippen MR) is 88.5 cm³/mol. The van der Waals surface area contributed by atoms with E-state index in [0.717, 1.165) is 18.4 Å². The molecule has 0 spiro atoms. The third kappa shape index (κ3) is 3.75. The number of esters is 1. The maximum Gasteiger partial charge on any atom is 0.309 e. The lowest BCUT2D eigenvalue weighted by molar-refractivity contribution is -0.145. The number of nitrogens with one attached hydrogen (secondary N) is 2. The van der Waals surface area contributed by atoms with Crippen LogP contribution in [0, 0.1) is 18.8 Å². The molecule has 0 heterocycles. The molecule has 2 saturated carbocycles. The first-order valence-electron chi connectivity index (χ1n) is 8.38. The number of ether oxygens (including phenoxy) is 1. The van der Waals surface area contributed by atoms with Crippen molar-refractivity contribution >= 4 is 23.5 Å². The van der Waals surface area contributed by atoms with E-state index in [0.29, 0.717) is 24.3 Å². The second kappa shape index (κ2) is 6.63. The Morgan fingerprint density at radius 3 is 2.62 bits per heavy atom. The van der Waals surface area contributed by atoms with Crippen LogP contribution in [0.1, 0.15) is 42.1 Å². The standard InChI is InChI=1S/C18H22N2O4/c1-3-24-18(23)14-9-13(14)17(22)20-15-8-11(5-4-10(15)2)16(21)19-12-6-7-12/h4-5,8,12-14H,3,6-7,9H2,1-2H3,(H,19,21)(H,20,22). The van der Waals surface area contributed by atoms with Crippen molar-refractivity contribution in [3.05, 3.63) is 29.3 Å². The number of amides is 2. The molecule has 3 rings (SSSR count). The van der Waals surface area contributed by atoms with Crippen LogP contribution < -0.4 is 10.6 Å². The van der Waals surface area contributed by atoms with Crippen molar-refractivity contribution in [3.63, 3.8) is 0 Å². The Balaban J connectivity index is 1.63. The Hall–Kier alpha value is -2.37. The molecule has 2 atom stereocenters. The van der Waals surface area contributed by atoms with Crippen molar-refractivity contribution in [1.82, 2.24) is 5.32 Å². The van der Waals surface area contributed by atoms with E-state index in [-0.39, 0.29) is 35.7 Å². The molecule has 1 aromatic rings. The molecule has 2 amide bonds. The highest BCUT2D eigenvalue weighted by Gasteiger charge is 2.49. The van der Waals surface area contributed by atoms with Crippen LogP contribution >= 0.6 is 0 Å². The summed E-state index contributed by atoms with van der Waals surface area (Å²) in [6.45, 7) is 3.94. The van der Waals surface area contributed by atoms with Crippen molar-refractivity contribution in [2.24, 2.45) is 11.8 Å². The maximum atomic E-state index is 12.3. The van der Waals surface area contributed by atoms with Crippen molar-refractivity contribution in [2.75, 3.05) is 11.9 Å². The quantitative estimate of drug-likeness (QED) is 0.782. The molecule has 2 aliphatic carbocycles. The number of carbonyl (C=O) groups is 3. The summed E-state index contributed by atoms with van der Waals surface area (Å²) in [5.74, 6) is -1.31. The Morgan fingerprint density at radius 1 is 1.21 bits per heavy atom. The van der Waals surface area contributed by atoms with E-state index in [9.17, 15) is 14.4 Å². The minimum atomic E-state index is -0.341. The molecule has 2 fully saturated rings. The molecule has 2 aliphatic rings. The van der Waals surface area contributed by atoms with Gasteiger partial charge in [0.1, 0.15) is 0 Å². The Morgan fingerprint density at radius 2 is 1.96 bits per heavy atom. The lowest BCUT2D eigenvalue weighted by Crippen LogP contribution is -2.25. The number of anilines is 1. The largest absolute Gasteiger partial charge is 0.466 e. The monoisotopic (exact) mass is 330 g/mol. The third-order valence-corrected chi connectivity index (χ3v) is 4.39.